The van der Waals surface area contributed by atoms with Crippen LogP contribution in [0.3, 0.4) is 0 Å². The molecule has 0 amide bonds. The summed E-state index contributed by atoms with van der Waals surface area (Å²) in [6.45, 7) is 2.17. The van der Waals surface area contributed by atoms with Crippen LogP contribution in [0.5, 0.6) is 0 Å². The summed E-state index contributed by atoms with van der Waals surface area (Å²) in [5, 5.41) is 10.5. The first-order chi connectivity index (χ1) is 8.22. The lowest BCUT2D eigenvalue weighted by Gasteiger charge is -2.10. The van der Waals surface area contributed by atoms with Gasteiger partial charge < -0.3 is 5.11 Å². The Morgan fingerprint density at radius 1 is 1.47 bits per heavy atom. The zero-order valence-corrected chi connectivity index (χ0v) is 11.0. The molecule has 0 saturated heterocycles. The minimum Gasteiger partial charge on any atom is -0.396 e. The Kier molecular flexibility index (Phi) is 4.10. The van der Waals surface area contributed by atoms with E-state index in [1.165, 1.54) is 11.8 Å². The molecule has 0 aliphatic heterocycles. The standard InChI is InChI=1S/C12H13ClN2OS/c1-9-8-10(13)2-3-11(9)15-5-4-14-12(15)17-7-6-16/h2-5,8,16H,6-7H2,1H3. The Labute approximate surface area is 109 Å². The third kappa shape index (κ3) is 2.83. The van der Waals surface area contributed by atoms with Gasteiger partial charge in [-0.25, -0.2) is 4.98 Å². The SMILES string of the molecule is Cc1cc(Cl)ccc1-n1ccnc1SCCO. The monoisotopic (exact) mass is 268 g/mol. The third-order valence-corrected chi connectivity index (χ3v) is 3.53. The van der Waals surface area contributed by atoms with Crippen molar-refractivity contribution in [1.82, 2.24) is 9.55 Å². The van der Waals surface area contributed by atoms with E-state index in [1.807, 2.05) is 35.9 Å². The smallest absolute Gasteiger partial charge is 0.172 e. The second kappa shape index (κ2) is 5.58. The summed E-state index contributed by atoms with van der Waals surface area (Å²) in [4.78, 5) is 4.28. The first-order valence-corrected chi connectivity index (χ1v) is 6.62. The van der Waals surface area contributed by atoms with Gasteiger partial charge in [-0.2, -0.15) is 0 Å². The second-order valence-corrected chi connectivity index (χ2v) is 5.08. The molecule has 1 heterocycles. The Balaban J connectivity index is 2.35. The number of hydrogen-bond donors (Lipinski definition) is 1. The molecule has 2 rings (SSSR count). The fourth-order valence-electron chi connectivity index (χ4n) is 1.61. The molecule has 0 saturated carbocycles. The van der Waals surface area contributed by atoms with E-state index in [0.29, 0.717) is 5.75 Å². The van der Waals surface area contributed by atoms with Crippen LogP contribution in [0, 0.1) is 6.92 Å². The number of thioether (sulfide) groups is 1. The van der Waals surface area contributed by atoms with E-state index in [2.05, 4.69) is 4.98 Å². The third-order valence-electron chi connectivity index (χ3n) is 2.35. The molecule has 0 unspecified atom stereocenters. The van der Waals surface area contributed by atoms with Crippen LogP contribution in [0.25, 0.3) is 5.69 Å². The van der Waals surface area contributed by atoms with E-state index in [4.69, 9.17) is 16.7 Å². The molecule has 2 aromatic rings. The number of hydrogen-bond acceptors (Lipinski definition) is 3. The topological polar surface area (TPSA) is 38.0 Å². The van der Waals surface area contributed by atoms with Crippen LogP contribution in [0.4, 0.5) is 0 Å². The Bertz CT molecular complexity index is 513. The maximum absolute atomic E-state index is 8.84. The molecule has 90 valence electrons. The van der Waals surface area contributed by atoms with Gasteiger partial charge in [-0.1, -0.05) is 23.4 Å². The number of rotatable bonds is 4. The van der Waals surface area contributed by atoms with Gasteiger partial charge in [-0.05, 0) is 30.7 Å². The first kappa shape index (κ1) is 12.5. The second-order valence-electron chi connectivity index (χ2n) is 3.58. The number of aromatic nitrogens is 2. The molecule has 17 heavy (non-hydrogen) atoms. The van der Waals surface area contributed by atoms with E-state index < -0.39 is 0 Å². The minimum atomic E-state index is 0.150. The van der Waals surface area contributed by atoms with Crippen molar-refractivity contribution in [2.24, 2.45) is 0 Å². The fourth-order valence-corrected chi connectivity index (χ4v) is 2.54. The lowest BCUT2D eigenvalue weighted by Crippen LogP contribution is -1.99. The molecular weight excluding hydrogens is 256 g/mol. The summed E-state index contributed by atoms with van der Waals surface area (Å²) in [6.07, 6.45) is 3.67. The van der Waals surface area contributed by atoms with Crippen LogP contribution in [0.1, 0.15) is 5.56 Å². The number of imidazole rings is 1. The number of aliphatic hydroxyl groups is 1. The predicted octanol–water partition coefficient (Wildman–Crippen LogP) is 2.92. The van der Waals surface area contributed by atoms with E-state index in [1.54, 1.807) is 6.20 Å². The molecule has 5 heteroatoms. The Morgan fingerprint density at radius 3 is 3.00 bits per heavy atom. The van der Waals surface area contributed by atoms with Crippen molar-refractivity contribution in [1.29, 1.82) is 0 Å². The van der Waals surface area contributed by atoms with Crippen molar-refractivity contribution in [2.75, 3.05) is 12.4 Å². The van der Waals surface area contributed by atoms with Crippen molar-refractivity contribution in [3.8, 4) is 5.69 Å². The summed E-state index contributed by atoms with van der Waals surface area (Å²) >= 11 is 7.47. The summed E-state index contributed by atoms with van der Waals surface area (Å²) < 4.78 is 2.01. The van der Waals surface area contributed by atoms with Crippen molar-refractivity contribution in [2.45, 2.75) is 12.1 Å². The zero-order chi connectivity index (χ0) is 12.3. The molecule has 1 aromatic heterocycles. The van der Waals surface area contributed by atoms with Gasteiger partial charge >= 0.3 is 0 Å². The highest BCUT2D eigenvalue weighted by molar-refractivity contribution is 7.99. The van der Waals surface area contributed by atoms with Gasteiger partial charge in [0.1, 0.15) is 0 Å². The number of halogens is 1. The van der Waals surface area contributed by atoms with Crippen molar-refractivity contribution in [3.63, 3.8) is 0 Å². The van der Waals surface area contributed by atoms with E-state index in [-0.39, 0.29) is 6.61 Å². The average Bonchev–Trinajstić information content (AvgIpc) is 2.74. The summed E-state index contributed by atoms with van der Waals surface area (Å²) in [6, 6.07) is 5.77. The van der Waals surface area contributed by atoms with Crippen molar-refractivity contribution >= 4 is 23.4 Å². The lowest BCUT2D eigenvalue weighted by atomic mass is 10.2. The van der Waals surface area contributed by atoms with E-state index >= 15 is 0 Å². The highest BCUT2D eigenvalue weighted by atomic mass is 35.5. The summed E-state index contributed by atoms with van der Waals surface area (Å²) in [7, 11) is 0. The van der Waals surface area contributed by atoms with Crippen LogP contribution in [0.15, 0.2) is 35.7 Å². The van der Waals surface area contributed by atoms with Gasteiger partial charge in [-0.3, -0.25) is 4.57 Å². The van der Waals surface area contributed by atoms with Gasteiger partial charge in [0.2, 0.25) is 0 Å². The molecule has 0 radical (unpaired) electrons. The highest BCUT2D eigenvalue weighted by Crippen LogP contribution is 2.24. The Morgan fingerprint density at radius 2 is 2.29 bits per heavy atom. The number of aryl methyl sites for hydroxylation is 1. The molecule has 0 fully saturated rings. The average molecular weight is 269 g/mol. The van der Waals surface area contributed by atoms with Gasteiger partial charge in [0.15, 0.2) is 5.16 Å². The van der Waals surface area contributed by atoms with Crippen molar-refractivity contribution in [3.05, 3.63) is 41.2 Å². The van der Waals surface area contributed by atoms with Gasteiger partial charge in [0.05, 0.1) is 12.3 Å². The largest absolute Gasteiger partial charge is 0.396 e. The molecule has 0 aliphatic rings. The number of benzene rings is 1. The summed E-state index contributed by atoms with van der Waals surface area (Å²) in [5.74, 6) is 0.643. The molecule has 0 spiro atoms. The molecule has 0 bridgehead atoms. The molecule has 1 aromatic carbocycles. The van der Waals surface area contributed by atoms with E-state index in [0.717, 1.165) is 21.4 Å². The maximum Gasteiger partial charge on any atom is 0.172 e. The van der Waals surface area contributed by atoms with E-state index in [9.17, 15) is 0 Å². The van der Waals surface area contributed by atoms with Crippen LogP contribution in [0.2, 0.25) is 5.02 Å². The zero-order valence-electron chi connectivity index (χ0n) is 9.43. The van der Waals surface area contributed by atoms with Gasteiger partial charge in [0, 0.05) is 23.2 Å². The van der Waals surface area contributed by atoms with Crippen LogP contribution < -0.4 is 0 Å². The van der Waals surface area contributed by atoms with Gasteiger partial charge in [-0.15, -0.1) is 0 Å². The van der Waals surface area contributed by atoms with Gasteiger partial charge in [0.25, 0.3) is 0 Å². The quantitative estimate of drug-likeness (QED) is 0.867. The van der Waals surface area contributed by atoms with Crippen LogP contribution in [-0.2, 0) is 0 Å². The molecule has 3 nitrogen and oxygen atoms in total. The molecule has 0 atom stereocenters. The summed E-state index contributed by atoms with van der Waals surface area (Å²) in [5.41, 5.74) is 2.16. The molecular formula is C12H13ClN2OS. The van der Waals surface area contributed by atoms with Crippen LogP contribution >= 0.6 is 23.4 Å². The fraction of sp³-hybridized carbons (Fsp3) is 0.250. The normalized spacial score (nSPS) is 10.8. The number of nitrogens with zero attached hydrogens (tertiary/aromatic N) is 2. The molecule has 1 N–H and O–H groups in total. The predicted molar refractivity (Wildman–Crippen MR) is 71.1 cm³/mol. The van der Waals surface area contributed by atoms with Crippen molar-refractivity contribution < 1.29 is 5.11 Å². The van der Waals surface area contributed by atoms with Crippen LogP contribution in [-0.4, -0.2) is 27.0 Å². The first-order valence-electron chi connectivity index (χ1n) is 5.26. The molecule has 0 aliphatic carbocycles. The Hall–Kier alpha value is -0.970. The minimum absolute atomic E-state index is 0.150. The number of aliphatic hydroxyl groups excluding tert-OH is 1. The highest BCUT2D eigenvalue weighted by Gasteiger charge is 2.07. The lowest BCUT2D eigenvalue weighted by molar-refractivity contribution is 0.322. The maximum atomic E-state index is 8.84.